The van der Waals surface area contributed by atoms with E-state index >= 15 is 0 Å². The quantitative estimate of drug-likeness (QED) is 0.770. The highest BCUT2D eigenvalue weighted by Crippen LogP contribution is 2.34. The van der Waals surface area contributed by atoms with E-state index in [1.807, 2.05) is 24.4 Å². The normalized spacial score (nSPS) is 19.9. The minimum atomic E-state index is -0.832. The van der Waals surface area contributed by atoms with Gasteiger partial charge in [0.2, 0.25) is 5.91 Å². The third kappa shape index (κ3) is 2.78. The number of alkyl halides is 1. The summed E-state index contributed by atoms with van der Waals surface area (Å²) in [5, 5.41) is 3.38. The number of benzene rings is 1. The fourth-order valence-corrected chi connectivity index (χ4v) is 3.79. The first kappa shape index (κ1) is 15.2. The molecule has 0 spiro atoms. The third-order valence-electron chi connectivity index (χ3n) is 4.42. The van der Waals surface area contributed by atoms with E-state index < -0.39 is 6.17 Å². The van der Waals surface area contributed by atoms with Crippen molar-refractivity contribution in [1.29, 1.82) is 0 Å². The molecule has 4 rings (SSSR count). The second kappa shape index (κ2) is 5.94. The number of hydrogen-bond acceptors (Lipinski definition) is 4. The van der Waals surface area contributed by atoms with Crippen LogP contribution in [0.4, 0.5) is 9.52 Å². The number of carbonyl (C=O) groups is 1. The Hall–Kier alpha value is -2.34. The van der Waals surface area contributed by atoms with Crippen molar-refractivity contribution in [2.75, 3.05) is 5.32 Å². The Balaban J connectivity index is 1.59. The van der Waals surface area contributed by atoms with Crippen molar-refractivity contribution in [3.05, 3.63) is 42.2 Å². The Morgan fingerprint density at radius 1 is 1.33 bits per heavy atom. The van der Waals surface area contributed by atoms with Gasteiger partial charge in [0.15, 0.2) is 5.13 Å². The molecule has 2 aromatic heterocycles. The van der Waals surface area contributed by atoms with E-state index in [1.165, 1.54) is 11.3 Å². The average Bonchev–Trinajstić information content (AvgIpc) is 2.93. The van der Waals surface area contributed by atoms with Crippen molar-refractivity contribution < 1.29 is 9.18 Å². The molecule has 1 aliphatic carbocycles. The molecule has 1 saturated carbocycles. The van der Waals surface area contributed by atoms with Gasteiger partial charge < -0.3 is 5.32 Å². The van der Waals surface area contributed by atoms with Crippen LogP contribution in [0.5, 0.6) is 0 Å². The SMILES string of the molecule is Cc1ccncc1-c1ccc2nc(NC(=O)[C@H]3C[C@H](F)C3)sc2c1. The van der Waals surface area contributed by atoms with E-state index in [0.29, 0.717) is 18.0 Å². The van der Waals surface area contributed by atoms with E-state index in [1.54, 1.807) is 6.20 Å². The van der Waals surface area contributed by atoms with Crippen molar-refractivity contribution in [2.45, 2.75) is 25.9 Å². The van der Waals surface area contributed by atoms with Crippen LogP contribution in [-0.2, 0) is 4.79 Å². The third-order valence-corrected chi connectivity index (χ3v) is 5.35. The zero-order valence-electron chi connectivity index (χ0n) is 13.1. The number of carbonyl (C=O) groups excluding carboxylic acids is 1. The second-order valence-electron chi connectivity index (χ2n) is 6.15. The maximum atomic E-state index is 12.9. The molecule has 122 valence electrons. The number of amides is 1. The molecule has 0 unspecified atom stereocenters. The van der Waals surface area contributed by atoms with Gasteiger partial charge in [-0.15, -0.1) is 0 Å². The zero-order valence-corrected chi connectivity index (χ0v) is 13.9. The summed E-state index contributed by atoms with van der Waals surface area (Å²) >= 11 is 1.44. The molecule has 1 aromatic carbocycles. The highest BCUT2D eigenvalue weighted by Gasteiger charge is 2.34. The summed E-state index contributed by atoms with van der Waals surface area (Å²) in [7, 11) is 0. The van der Waals surface area contributed by atoms with Crippen LogP contribution in [0.2, 0.25) is 0 Å². The molecule has 1 fully saturated rings. The van der Waals surface area contributed by atoms with Crippen LogP contribution >= 0.6 is 11.3 Å². The van der Waals surface area contributed by atoms with Crippen LogP contribution in [0.1, 0.15) is 18.4 Å². The van der Waals surface area contributed by atoms with Gasteiger partial charge in [-0.05, 0) is 49.1 Å². The van der Waals surface area contributed by atoms with E-state index in [-0.39, 0.29) is 11.8 Å². The second-order valence-corrected chi connectivity index (χ2v) is 7.18. The number of pyridine rings is 1. The molecule has 1 aliphatic rings. The minimum absolute atomic E-state index is 0.133. The van der Waals surface area contributed by atoms with Gasteiger partial charge in [-0.1, -0.05) is 17.4 Å². The number of aromatic nitrogens is 2. The van der Waals surface area contributed by atoms with E-state index in [9.17, 15) is 9.18 Å². The summed E-state index contributed by atoms with van der Waals surface area (Å²) in [4.78, 5) is 20.7. The lowest BCUT2D eigenvalue weighted by Gasteiger charge is -2.27. The van der Waals surface area contributed by atoms with Crippen molar-refractivity contribution >= 4 is 32.6 Å². The van der Waals surface area contributed by atoms with Gasteiger partial charge in [-0.3, -0.25) is 9.78 Å². The zero-order chi connectivity index (χ0) is 16.7. The van der Waals surface area contributed by atoms with Crippen LogP contribution in [0.3, 0.4) is 0 Å². The van der Waals surface area contributed by atoms with Crippen molar-refractivity contribution in [3.63, 3.8) is 0 Å². The molecule has 0 bridgehead atoms. The molecule has 0 saturated heterocycles. The Kier molecular flexibility index (Phi) is 3.76. The molecule has 3 aromatic rings. The highest BCUT2D eigenvalue weighted by atomic mass is 32.1. The monoisotopic (exact) mass is 341 g/mol. The average molecular weight is 341 g/mol. The van der Waals surface area contributed by atoms with Gasteiger partial charge in [0.1, 0.15) is 6.17 Å². The molecule has 0 atom stereocenters. The minimum Gasteiger partial charge on any atom is -0.302 e. The first-order valence-electron chi connectivity index (χ1n) is 7.86. The Labute approximate surface area is 142 Å². The lowest BCUT2D eigenvalue weighted by atomic mass is 9.83. The fourth-order valence-electron chi connectivity index (χ4n) is 2.88. The van der Waals surface area contributed by atoms with Crippen LogP contribution in [0.15, 0.2) is 36.7 Å². The molecular weight excluding hydrogens is 325 g/mol. The number of halogens is 1. The van der Waals surface area contributed by atoms with E-state index in [4.69, 9.17) is 0 Å². The van der Waals surface area contributed by atoms with Crippen LogP contribution in [-0.4, -0.2) is 22.0 Å². The lowest BCUT2D eigenvalue weighted by Crippen LogP contribution is -2.35. The van der Waals surface area contributed by atoms with Crippen molar-refractivity contribution in [2.24, 2.45) is 5.92 Å². The number of hydrogen-bond donors (Lipinski definition) is 1. The maximum Gasteiger partial charge on any atom is 0.229 e. The predicted octanol–water partition coefficient (Wildman–Crippen LogP) is 4.35. The summed E-state index contributed by atoms with van der Waals surface area (Å²) in [5.41, 5.74) is 4.17. The molecule has 0 aliphatic heterocycles. The highest BCUT2D eigenvalue weighted by molar-refractivity contribution is 7.22. The van der Waals surface area contributed by atoms with Gasteiger partial charge in [0, 0.05) is 23.9 Å². The number of anilines is 1. The summed E-state index contributed by atoms with van der Waals surface area (Å²) in [6.45, 7) is 2.05. The van der Waals surface area contributed by atoms with Gasteiger partial charge in [0.25, 0.3) is 0 Å². The molecule has 6 heteroatoms. The number of fused-ring (bicyclic) bond motifs is 1. The topological polar surface area (TPSA) is 54.9 Å². The van der Waals surface area contributed by atoms with Gasteiger partial charge in [-0.25, -0.2) is 9.37 Å². The van der Waals surface area contributed by atoms with Gasteiger partial charge in [0.05, 0.1) is 10.2 Å². The maximum absolute atomic E-state index is 12.9. The molecule has 1 amide bonds. The Morgan fingerprint density at radius 2 is 2.17 bits per heavy atom. The summed E-state index contributed by atoms with van der Waals surface area (Å²) < 4.78 is 13.9. The van der Waals surface area contributed by atoms with Crippen molar-refractivity contribution in [1.82, 2.24) is 9.97 Å². The van der Waals surface area contributed by atoms with Crippen molar-refractivity contribution in [3.8, 4) is 11.1 Å². The molecule has 0 radical (unpaired) electrons. The Morgan fingerprint density at radius 3 is 2.92 bits per heavy atom. The predicted molar refractivity (Wildman–Crippen MR) is 93.8 cm³/mol. The molecule has 4 nitrogen and oxygen atoms in total. The van der Waals surface area contributed by atoms with E-state index in [2.05, 4.69) is 28.3 Å². The molecular formula is C18H16FN3OS. The van der Waals surface area contributed by atoms with Crippen LogP contribution in [0.25, 0.3) is 21.3 Å². The summed E-state index contributed by atoms with van der Waals surface area (Å²) in [6, 6.07) is 8.00. The Bertz CT molecular complexity index is 918. The lowest BCUT2D eigenvalue weighted by molar-refractivity contribution is -0.124. The van der Waals surface area contributed by atoms with Gasteiger partial charge >= 0.3 is 0 Å². The van der Waals surface area contributed by atoms with E-state index in [0.717, 1.165) is 26.9 Å². The van der Waals surface area contributed by atoms with Gasteiger partial charge in [-0.2, -0.15) is 0 Å². The van der Waals surface area contributed by atoms with Crippen LogP contribution in [0, 0.1) is 12.8 Å². The number of thiazole rings is 1. The first-order chi connectivity index (χ1) is 11.6. The number of rotatable bonds is 3. The number of nitrogens with one attached hydrogen (secondary N) is 1. The largest absolute Gasteiger partial charge is 0.302 e. The standard InChI is InChI=1S/C18H16FN3OS/c1-10-4-5-20-9-14(10)11-2-3-15-16(8-11)24-18(21-15)22-17(23)12-6-13(19)7-12/h2-5,8-9,12-13H,6-7H2,1H3,(H,21,22,23)/t12-,13-. The molecule has 2 heterocycles. The fraction of sp³-hybridized carbons (Fsp3) is 0.278. The summed E-state index contributed by atoms with van der Waals surface area (Å²) in [5.74, 6) is -0.355. The number of nitrogens with zero attached hydrogens (tertiary/aromatic N) is 2. The first-order valence-corrected chi connectivity index (χ1v) is 8.68. The van der Waals surface area contributed by atoms with Crippen LogP contribution < -0.4 is 5.32 Å². The summed E-state index contributed by atoms with van der Waals surface area (Å²) in [6.07, 6.45) is 3.44. The number of aryl methyl sites for hydroxylation is 1. The molecule has 1 N–H and O–H groups in total. The molecule has 24 heavy (non-hydrogen) atoms. The smallest absolute Gasteiger partial charge is 0.229 e.